The summed E-state index contributed by atoms with van der Waals surface area (Å²) in [6.45, 7) is 0. The number of rotatable bonds is 4. The molecule has 0 aliphatic heterocycles. The molecule has 0 saturated heterocycles. The van der Waals surface area contributed by atoms with Crippen LogP contribution in [0, 0.1) is 0 Å². The predicted octanol–water partition coefficient (Wildman–Crippen LogP) is 11.5. The molecule has 0 unspecified atom stereocenters. The van der Waals surface area contributed by atoms with Gasteiger partial charge in [-0.15, -0.1) is 0 Å². The second kappa shape index (κ2) is 10.5. The molecule has 0 aliphatic rings. The molecular weight excluding hydrogens is 590 g/mol. The van der Waals surface area contributed by atoms with Crippen LogP contribution in [0.15, 0.2) is 161 Å². The minimum atomic E-state index is 0.637. The molecule has 4 aromatic heterocycles. The molecule has 0 bridgehead atoms. The molecule has 10 aromatic rings. The average molecular weight is 616 g/mol. The number of benzene rings is 6. The standard InChI is InChI=1S/C43H25N3O2/c1-3-16-39-32(9-1)34-12-6-14-36(41(34)47-39)38-21-19-28(23-44-38)26-18-20-31-27(22-26)8-5-11-30(31)29-24-45-43(46-25-29)37-15-7-13-35-33-10-2-4-17-40(33)48-42(35)37/h1-25H. The van der Waals surface area contributed by atoms with E-state index in [0.29, 0.717) is 5.82 Å². The van der Waals surface area contributed by atoms with Gasteiger partial charge in [-0.05, 0) is 58.3 Å². The molecule has 0 atom stereocenters. The molecule has 0 spiro atoms. The minimum Gasteiger partial charge on any atom is -0.455 e. The molecule has 0 saturated carbocycles. The number of furan rings is 2. The van der Waals surface area contributed by atoms with E-state index >= 15 is 0 Å². The molecule has 10 rings (SSSR count). The smallest absolute Gasteiger partial charge is 0.162 e. The maximum Gasteiger partial charge on any atom is 0.162 e. The Hall–Kier alpha value is -6.59. The quantitative estimate of drug-likeness (QED) is 0.197. The number of hydrogen-bond donors (Lipinski definition) is 0. The Labute approximate surface area is 274 Å². The summed E-state index contributed by atoms with van der Waals surface area (Å²) >= 11 is 0. The van der Waals surface area contributed by atoms with E-state index in [1.807, 2.05) is 67.1 Å². The van der Waals surface area contributed by atoms with Crippen LogP contribution in [-0.2, 0) is 0 Å². The summed E-state index contributed by atoms with van der Waals surface area (Å²) in [4.78, 5) is 14.5. The summed E-state index contributed by atoms with van der Waals surface area (Å²) in [5, 5.41) is 6.64. The van der Waals surface area contributed by atoms with Crippen LogP contribution in [0.1, 0.15) is 0 Å². The average Bonchev–Trinajstić information content (AvgIpc) is 3.73. The lowest BCUT2D eigenvalue weighted by Crippen LogP contribution is -1.91. The van der Waals surface area contributed by atoms with Gasteiger partial charge in [0, 0.05) is 56.8 Å². The molecule has 0 fully saturated rings. The Kier molecular flexibility index (Phi) is 5.81. The SMILES string of the molecule is c1cc(-c2cnc(-c3cccc4c3oc3ccccc34)nc2)c2ccc(-c3ccc(-c4cccc5c4oc4ccccc45)nc3)cc2c1. The first-order chi connectivity index (χ1) is 23.8. The van der Waals surface area contributed by atoms with Crippen molar-refractivity contribution >= 4 is 54.6 Å². The Morgan fingerprint density at radius 2 is 0.958 bits per heavy atom. The largest absolute Gasteiger partial charge is 0.455 e. The van der Waals surface area contributed by atoms with Gasteiger partial charge in [0.1, 0.15) is 22.3 Å². The highest BCUT2D eigenvalue weighted by molar-refractivity contribution is 6.10. The van der Waals surface area contributed by atoms with Crippen LogP contribution in [0.3, 0.4) is 0 Å². The van der Waals surface area contributed by atoms with Crippen LogP contribution in [0.25, 0.3) is 99.5 Å². The summed E-state index contributed by atoms with van der Waals surface area (Å²) in [7, 11) is 0. The van der Waals surface area contributed by atoms with Crippen molar-refractivity contribution in [3.05, 3.63) is 152 Å². The first-order valence-electron chi connectivity index (χ1n) is 15.9. The zero-order chi connectivity index (χ0) is 31.6. The van der Waals surface area contributed by atoms with Crippen LogP contribution in [-0.4, -0.2) is 15.0 Å². The van der Waals surface area contributed by atoms with Crippen LogP contribution < -0.4 is 0 Å². The molecule has 0 radical (unpaired) electrons. The summed E-state index contributed by atoms with van der Waals surface area (Å²) in [5.74, 6) is 0.637. The highest BCUT2D eigenvalue weighted by atomic mass is 16.3. The van der Waals surface area contributed by atoms with Gasteiger partial charge < -0.3 is 8.83 Å². The fourth-order valence-corrected chi connectivity index (χ4v) is 6.92. The third-order valence-corrected chi connectivity index (χ3v) is 9.27. The normalized spacial score (nSPS) is 11.8. The number of aromatic nitrogens is 3. The van der Waals surface area contributed by atoms with Gasteiger partial charge >= 0.3 is 0 Å². The van der Waals surface area contributed by atoms with Crippen LogP contribution >= 0.6 is 0 Å². The van der Waals surface area contributed by atoms with Gasteiger partial charge in [-0.25, -0.2) is 9.97 Å². The summed E-state index contributed by atoms with van der Waals surface area (Å²) in [6.07, 6.45) is 5.74. The van der Waals surface area contributed by atoms with Crippen molar-refractivity contribution in [2.24, 2.45) is 0 Å². The number of nitrogens with zero attached hydrogens (tertiary/aromatic N) is 3. The maximum absolute atomic E-state index is 6.25. The molecule has 5 heteroatoms. The second-order valence-corrected chi connectivity index (χ2v) is 12.0. The van der Waals surface area contributed by atoms with Crippen molar-refractivity contribution in [3.8, 4) is 44.9 Å². The van der Waals surface area contributed by atoms with Gasteiger partial charge in [-0.3, -0.25) is 4.98 Å². The summed E-state index contributed by atoms with van der Waals surface area (Å²) < 4.78 is 12.5. The van der Waals surface area contributed by atoms with Crippen molar-refractivity contribution < 1.29 is 8.83 Å². The van der Waals surface area contributed by atoms with E-state index in [4.69, 9.17) is 23.8 Å². The highest BCUT2D eigenvalue weighted by Gasteiger charge is 2.15. The maximum atomic E-state index is 6.25. The van der Waals surface area contributed by atoms with E-state index in [-0.39, 0.29) is 0 Å². The second-order valence-electron chi connectivity index (χ2n) is 12.0. The lowest BCUT2D eigenvalue weighted by Gasteiger charge is -2.10. The van der Waals surface area contributed by atoms with E-state index in [9.17, 15) is 0 Å². The first kappa shape index (κ1) is 26.6. The van der Waals surface area contributed by atoms with Gasteiger partial charge in [0.25, 0.3) is 0 Å². The van der Waals surface area contributed by atoms with Gasteiger partial charge in [0.2, 0.25) is 0 Å². The van der Waals surface area contributed by atoms with Crippen molar-refractivity contribution in [1.29, 1.82) is 0 Å². The fourth-order valence-electron chi connectivity index (χ4n) is 6.92. The van der Waals surface area contributed by atoms with Crippen LogP contribution in [0.4, 0.5) is 0 Å². The summed E-state index contributed by atoms with van der Waals surface area (Å²) in [6, 6.07) is 45.7. The predicted molar refractivity (Wildman–Crippen MR) is 194 cm³/mol. The van der Waals surface area contributed by atoms with E-state index < -0.39 is 0 Å². The zero-order valence-electron chi connectivity index (χ0n) is 25.6. The zero-order valence-corrected chi connectivity index (χ0v) is 25.6. The molecule has 5 nitrogen and oxygen atoms in total. The number of hydrogen-bond acceptors (Lipinski definition) is 5. The molecule has 48 heavy (non-hydrogen) atoms. The molecule has 0 amide bonds. The van der Waals surface area contributed by atoms with Crippen molar-refractivity contribution in [3.63, 3.8) is 0 Å². The number of fused-ring (bicyclic) bond motifs is 7. The minimum absolute atomic E-state index is 0.637. The van der Waals surface area contributed by atoms with Gasteiger partial charge in [-0.1, -0.05) is 97.1 Å². The highest BCUT2D eigenvalue weighted by Crippen LogP contribution is 2.37. The van der Waals surface area contributed by atoms with Crippen molar-refractivity contribution in [2.75, 3.05) is 0 Å². The van der Waals surface area contributed by atoms with Crippen molar-refractivity contribution in [1.82, 2.24) is 15.0 Å². The van der Waals surface area contributed by atoms with Gasteiger partial charge in [-0.2, -0.15) is 0 Å². The Morgan fingerprint density at radius 1 is 0.375 bits per heavy atom. The van der Waals surface area contributed by atoms with E-state index in [1.54, 1.807) is 0 Å². The van der Waals surface area contributed by atoms with E-state index in [0.717, 1.165) is 93.7 Å². The molecule has 0 N–H and O–H groups in total. The first-order valence-corrected chi connectivity index (χ1v) is 15.9. The van der Waals surface area contributed by atoms with Gasteiger partial charge in [0.15, 0.2) is 5.82 Å². The topological polar surface area (TPSA) is 65.0 Å². The monoisotopic (exact) mass is 615 g/mol. The Balaban J connectivity index is 0.973. The Morgan fingerprint density at radius 3 is 1.67 bits per heavy atom. The van der Waals surface area contributed by atoms with Crippen molar-refractivity contribution in [2.45, 2.75) is 0 Å². The van der Waals surface area contributed by atoms with E-state index in [1.165, 1.54) is 0 Å². The molecule has 4 heterocycles. The van der Waals surface area contributed by atoms with Gasteiger partial charge in [0.05, 0.1) is 11.3 Å². The van der Waals surface area contributed by atoms with Crippen LogP contribution in [0.5, 0.6) is 0 Å². The molecular formula is C43H25N3O2. The van der Waals surface area contributed by atoms with Crippen LogP contribution in [0.2, 0.25) is 0 Å². The molecule has 224 valence electrons. The third kappa shape index (κ3) is 4.15. The number of pyridine rings is 1. The Bertz CT molecular complexity index is 2830. The number of para-hydroxylation sites is 4. The van der Waals surface area contributed by atoms with E-state index in [2.05, 4.69) is 84.9 Å². The lowest BCUT2D eigenvalue weighted by atomic mass is 9.96. The third-order valence-electron chi connectivity index (χ3n) is 9.27. The fraction of sp³-hybridized carbons (Fsp3) is 0. The molecule has 6 aromatic carbocycles. The molecule has 0 aliphatic carbocycles. The lowest BCUT2D eigenvalue weighted by molar-refractivity contribution is 0.669. The summed E-state index contributed by atoms with van der Waals surface area (Å²) in [5.41, 5.74) is 10.4.